The minimum Gasteiger partial charge on any atom is -0.508 e. The number of phenols is 1. The monoisotopic (exact) mass is 220 g/mol. The second-order valence-electron chi connectivity index (χ2n) is 4.75. The van der Waals surface area contributed by atoms with E-state index in [1.54, 1.807) is 12.1 Å². The summed E-state index contributed by atoms with van der Waals surface area (Å²) >= 11 is 0. The summed E-state index contributed by atoms with van der Waals surface area (Å²) in [4.78, 5) is 4.87. The van der Waals surface area contributed by atoms with Crippen LogP contribution in [0, 0.1) is 0 Å². The Morgan fingerprint density at radius 1 is 1.25 bits per heavy atom. The minimum absolute atomic E-state index is 0.343. The minimum atomic E-state index is 0.343. The summed E-state index contributed by atoms with van der Waals surface area (Å²) in [5.74, 6) is 0.343. The van der Waals surface area contributed by atoms with E-state index < -0.39 is 0 Å². The van der Waals surface area contributed by atoms with Crippen molar-refractivity contribution in [3.05, 3.63) is 29.8 Å². The molecule has 0 spiro atoms. The first kappa shape index (κ1) is 11.4. The average molecular weight is 220 g/mol. The molecule has 1 saturated heterocycles. The van der Waals surface area contributed by atoms with Crippen molar-refractivity contribution in [3.8, 4) is 5.75 Å². The van der Waals surface area contributed by atoms with Crippen LogP contribution < -0.4 is 0 Å². The Balaban J connectivity index is 1.96. The molecule has 88 valence electrons. The second-order valence-corrected chi connectivity index (χ2v) is 4.75. The summed E-state index contributed by atoms with van der Waals surface area (Å²) in [5.41, 5.74) is 1.27. The van der Waals surface area contributed by atoms with Gasteiger partial charge in [-0.3, -0.25) is 4.90 Å². The molecule has 16 heavy (non-hydrogen) atoms. The molecule has 1 aromatic rings. The van der Waals surface area contributed by atoms with E-state index in [1.807, 2.05) is 12.1 Å². The zero-order valence-electron chi connectivity index (χ0n) is 10.1. The number of rotatable bonds is 2. The molecule has 1 aliphatic heterocycles. The number of phenolic OH excluding ortho intramolecular Hbond substituents is 1. The predicted octanol–water partition coefficient (Wildman–Crippen LogP) is 1.53. The number of nitrogens with zero attached hydrogens (tertiary/aromatic N) is 2. The fourth-order valence-electron chi connectivity index (χ4n) is 2.25. The molecule has 3 heteroatoms. The first-order valence-electron chi connectivity index (χ1n) is 5.85. The summed E-state index contributed by atoms with van der Waals surface area (Å²) < 4.78 is 0. The quantitative estimate of drug-likeness (QED) is 0.819. The zero-order chi connectivity index (χ0) is 11.5. The van der Waals surface area contributed by atoms with Gasteiger partial charge in [-0.2, -0.15) is 0 Å². The van der Waals surface area contributed by atoms with Crippen LogP contribution in [0.3, 0.4) is 0 Å². The summed E-state index contributed by atoms with van der Waals surface area (Å²) in [5, 5.41) is 9.23. The van der Waals surface area contributed by atoms with E-state index in [0.29, 0.717) is 11.8 Å². The molecule has 0 amide bonds. The Kier molecular flexibility index (Phi) is 3.46. The molecular formula is C13H20N2O. The number of likely N-dealkylation sites (N-methyl/N-ethyl adjacent to an activating group) is 1. The smallest absolute Gasteiger partial charge is 0.115 e. The van der Waals surface area contributed by atoms with E-state index in [-0.39, 0.29) is 0 Å². The number of benzene rings is 1. The summed E-state index contributed by atoms with van der Waals surface area (Å²) in [6.07, 6.45) is 0. The summed E-state index contributed by atoms with van der Waals surface area (Å²) in [6.45, 7) is 6.66. The van der Waals surface area contributed by atoms with Crippen LogP contribution in [-0.2, 0) is 6.54 Å². The Morgan fingerprint density at radius 3 is 2.56 bits per heavy atom. The topological polar surface area (TPSA) is 26.7 Å². The highest BCUT2D eigenvalue weighted by Crippen LogP contribution is 2.15. The van der Waals surface area contributed by atoms with Crippen molar-refractivity contribution in [2.45, 2.75) is 19.5 Å². The van der Waals surface area contributed by atoms with Gasteiger partial charge in [0.15, 0.2) is 0 Å². The fraction of sp³-hybridized carbons (Fsp3) is 0.538. The largest absolute Gasteiger partial charge is 0.508 e. The van der Waals surface area contributed by atoms with Crippen LogP contribution in [0.5, 0.6) is 5.75 Å². The second kappa shape index (κ2) is 4.85. The van der Waals surface area contributed by atoms with Crippen molar-refractivity contribution in [1.82, 2.24) is 9.80 Å². The third-order valence-corrected chi connectivity index (χ3v) is 3.29. The van der Waals surface area contributed by atoms with Gasteiger partial charge in [0.05, 0.1) is 0 Å². The van der Waals surface area contributed by atoms with E-state index in [2.05, 4.69) is 23.8 Å². The Bertz CT molecular complexity index is 336. The van der Waals surface area contributed by atoms with Crippen LogP contribution in [0.4, 0.5) is 0 Å². The van der Waals surface area contributed by atoms with E-state index >= 15 is 0 Å². The summed E-state index contributed by atoms with van der Waals surface area (Å²) in [7, 11) is 2.17. The van der Waals surface area contributed by atoms with Crippen molar-refractivity contribution >= 4 is 0 Å². The van der Waals surface area contributed by atoms with Gasteiger partial charge in [0, 0.05) is 32.2 Å². The van der Waals surface area contributed by atoms with Gasteiger partial charge in [0.1, 0.15) is 5.75 Å². The third kappa shape index (κ3) is 2.74. The van der Waals surface area contributed by atoms with Crippen LogP contribution in [0.25, 0.3) is 0 Å². The normalized spacial score (nSPS) is 23.5. The van der Waals surface area contributed by atoms with Gasteiger partial charge in [-0.05, 0) is 31.7 Å². The molecule has 0 radical (unpaired) electrons. The van der Waals surface area contributed by atoms with Gasteiger partial charge in [0.25, 0.3) is 0 Å². The van der Waals surface area contributed by atoms with E-state index in [0.717, 1.165) is 26.2 Å². The molecule has 1 aliphatic rings. The molecule has 1 fully saturated rings. The van der Waals surface area contributed by atoms with Gasteiger partial charge in [0.2, 0.25) is 0 Å². The maximum absolute atomic E-state index is 9.23. The van der Waals surface area contributed by atoms with E-state index in [1.165, 1.54) is 5.56 Å². The molecule has 1 N–H and O–H groups in total. The summed E-state index contributed by atoms with van der Waals surface area (Å²) in [6, 6.07) is 8.12. The number of piperazine rings is 1. The Hall–Kier alpha value is -1.06. The van der Waals surface area contributed by atoms with Crippen LogP contribution >= 0.6 is 0 Å². The molecule has 1 unspecified atom stereocenters. The van der Waals surface area contributed by atoms with Crippen molar-refractivity contribution in [2.24, 2.45) is 0 Å². The first-order valence-corrected chi connectivity index (χ1v) is 5.85. The highest BCUT2D eigenvalue weighted by molar-refractivity contribution is 5.25. The SMILES string of the molecule is CC1CN(C)CCN1Cc1ccc(O)cc1. The molecule has 0 saturated carbocycles. The zero-order valence-corrected chi connectivity index (χ0v) is 10.1. The number of aromatic hydroxyl groups is 1. The number of hydrogen-bond donors (Lipinski definition) is 1. The highest BCUT2D eigenvalue weighted by atomic mass is 16.3. The van der Waals surface area contributed by atoms with Gasteiger partial charge < -0.3 is 10.0 Å². The first-order chi connectivity index (χ1) is 7.65. The predicted molar refractivity (Wildman–Crippen MR) is 65.5 cm³/mol. The average Bonchev–Trinajstić information content (AvgIpc) is 2.25. The van der Waals surface area contributed by atoms with Crippen LogP contribution in [0.1, 0.15) is 12.5 Å². The molecule has 3 nitrogen and oxygen atoms in total. The maximum Gasteiger partial charge on any atom is 0.115 e. The third-order valence-electron chi connectivity index (χ3n) is 3.29. The fourth-order valence-corrected chi connectivity index (χ4v) is 2.25. The van der Waals surface area contributed by atoms with Gasteiger partial charge in [-0.1, -0.05) is 12.1 Å². The molecule has 0 bridgehead atoms. The molecule has 0 aliphatic carbocycles. The Labute approximate surface area is 97.3 Å². The standard InChI is InChI=1S/C13H20N2O/c1-11-9-14(2)7-8-15(11)10-12-3-5-13(16)6-4-12/h3-6,11,16H,7-10H2,1-2H3. The molecule has 1 atom stereocenters. The van der Waals surface area contributed by atoms with Gasteiger partial charge >= 0.3 is 0 Å². The molecular weight excluding hydrogens is 200 g/mol. The number of hydrogen-bond acceptors (Lipinski definition) is 3. The van der Waals surface area contributed by atoms with Crippen LogP contribution in [-0.4, -0.2) is 47.6 Å². The maximum atomic E-state index is 9.23. The van der Waals surface area contributed by atoms with Gasteiger partial charge in [-0.15, -0.1) is 0 Å². The molecule has 1 heterocycles. The lowest BCUT2D eigenvalue weighted by molar-refractivity contribution is 0.0938. The van der Waals surface area contributed by atoms with E-state index in [4.69, 9.17) is 0 Å². The van der Waals surface area contributed by atoms with E-state index in [9.17, 15) is 5.11 Å². The lowest BCUT2D eigenvalue weighted by atomic mass is 10.1. The highest BCUT2D eigenvalue weighted by Gasteiger charge is 2.20. The van der Waals surface area contributed by atoms with Crippen LogP contribution in [0.15, 0.2) is 24.3 Å². The van der Waals surface area contributed by atoms with Crippen molar-refractivity contribution in [3.63, 3.8) is 0 Å². The lowest BCUT2D eigenvalue weighted by Crippen LogP contribution is -2.49. The van der Waals surface area contributed by atoms with Crippen molar-refractivity contribution in [1.29, 1.82) is 0 Å². The molecule has 0 aromatic heterocycles. The Morgan fingerprint density at radius 2 is 1.94 bits per heavy atom. The van der Waals surface area contributed by atoms with Crippen molar-refractivity contribution in [2.75, 3.05) is 26.7 Å². The molecule has 1 aromatic carbocycles. The van der Waals surface area contributed by atoms with Crippen molar-refractivity contribution < 1.29 is 5.11 Å². The lowest BCUT2D eigenvalue weighted by Gasteiger charge is -2.38. The molecule has 2 rings (SSSR count). The van der Waals surface area contributed by atoms with Gasteiger partial charge in [-0.25, -0.2) is 0 Å². The van der Waals surface area contributed by atoms with Crippen LogP contribution in [0.2, 0.25) is 0 Å².